The molecule has 1 fully saturated rings. The molecular weight excluding hydrogens is 387 g/mol. The van der Waals surface area contributed by atoms with Gasteiger partial charge in [-0.15, -0.1) is 0 Å². The first-order valence-electron chi connectivity index (χ1n) is 9.56. The van der Waals surface area contributed by atoms with Crippen LogP contribution in [-0.2, 0) is 12.0 Å². The van der Waals surface area contributed by atoms with E-state index in [4.69, 9.17) is 0 Å². The summed E-state index contributed by atoms with van der Waals surface area (Å²) in [7, 11) is 0. The fourth-order valence-electron chi connectivity index (χ4n) is 4.07. The molecule has 0 unspecified atom stereocenters. The second-order valence-electron chi connectivity index (χ2n) is 7.45. The van der Waals surface area contributed by atoms with Crippen LogP contribution in [0.1, 0.15) is 34.5 Å². The number of aromatic carboxylic acids is 1. The van der Waals surface area contributed by atoms with Crippen LogP contribution in [-0.4, -0.2) is 38.4 Å². The number of aromatic nitrogens is 2. The van der Waals surface area contributed by atoms with Crippen molar-refractivity contribution in [3.8, 4) is 6.07 Å². The number of fused-ring (bicyclic) bond motifs is 1. The minimum absolute atomic E-state index is 0.178. The molecule has 152 valence electrons. The fraction of sp³-hybridized carbons (Fsp3) is 0.273. The highest BCUT2D eigenvalue weighted by Crippen LogP contribution is 2.35. The van der Waals surface area contributed by atoms with Gasteiger partial charge in [-0.3, -0.25) is 19.1 Å². The molecule has 0 spiro atoms. The predicted octanol–water partition coefficient (Wildman–Crippen LogP) is 2.59. The van der Waals surface area contributed by atoms with E-state index in [0.717, 1.165) is 0 Å². The van der Waals surface area contributed by atoms with Gasteiger partial charge < -0.3 is 5.11 Å². The van der Waals surface area contributed by atoms with Crippen molar-refractivity contribution in [1.82, 2.24) is 14.3 Å². The van der Waals surface area contributed by atoms with Crippen LogP contribution in [0.4, 0.5) is 4.39 Å². The molecule has 0 aliphatic carbocycles. The van der Waals surface area contributed by atoms with E-state index in [0.29, 0.717) is 43.6 Å². The molecule has 4 rings (SSSR count). The number of rotatable bonds is 4. The second kappa shape index (κ2) is 7.69. The number of carbonyl (C=O) groups is 1. The minimum Gasteiger partial charge on any atom is -0.477 e. The zero-order valence-electron chi connectivity index (χ0n) is 16.1. The Labute approximate surface area is 171 Å². The summed E-state index contributed by atoms with van der Waals surface area (Å²) >= 11 is 0. The highest BCUT2D eigenvalue weighted by atomic mass is 19.1. The Hall–Kier alpha value is -3.57. The molecule has 1 aliphatic rings. The number of halogens is 1. The molecule has 1 N–H and O–H groups in total. The van der Waals surface area contributed by atoms with Gasteiger partial charge >= 0.3 is 5.97 Å². The summed E-state index contributed by atoms with van der Waals surface area (Å²) in [4.78, 5) is 30.1. The molecule has 1 aliphatic heterocycles. The van der Waals surface area contributed by atoms with E-state index in [2.05, 4.69) is 16.0 Å². The first kappa shape index (κ1) is 19.7. The first-order chi connectivity index (χ1) is 14.4. The molecule has 7 nitrogen and oxygen atoms in total. The van der Waals surface area contributed by atoms with Gasteiger partial charge in [0.15, 0.2) is 0 Å². The molecule has 0 saturated carbocycles. The minimum atomic E-state index is -1.27. The van der Waals surface area contributed by atoms with E-state index in [9.17, 15) is 24.3 Å². The first-order valence-corrected chi connectivity index (χ1v) is 9.56. The summed E-state index contributed by atoms with van der Waals surface area (Å²) in [6.45, 7) is 1.45. The molecule has 8 heteroatoms. The van der Waals surface area contributed by atoms with Crippen molar-refractivity contribution in [2.24, 2.45) is 0 Å². The third kappa shape index (κ3) is 3.33. The Bertz CT molecular complexity index is 1220. The van der Waals surface area contributed by atoms with Crippen molar-refractivity contribution in [3.05, 3.63) is 81.8 Å². The van der Waals surface area contributed by atoms with Gasteiger partial charge in [-0.2, -0.15) is 5.26 Å². The van der Waals surface area contributed by atoms with Gasteiger partial charge in [0.1, 0.15) is 16.8 Å². The number of nitrogens with zero attached hydrogens (tertiary/aromatic N) is 4. The normalized spacial score (nSPS) is 16.3. The smallest absolute Gasteiger partial charge is 0.341 e. The van der Waals surface area contributed by atoms with E-state index in [1.807, 2.05) is 0 Å². The number of carboxylic acid groups (broad SMARTS) is 1. The maximum atomic E-state index is 14.3. The van der Waals surface area contributed by atoms with Gasteiger partial charge in [-0.05, 0) is 48.7 Å². The van der Waals surface area contributed by atoms with Crippen LogP contribution in [0.3, 0.4) is 0 Å². The summed E-state index contributed by atoms with van der Waals surface area (Å²) in [6, 6.07) is 11.7. The number of hydrogen-bond acceptors (Lipinski definition) is 5. The largest absolute Gasteiger partial charge is 0.477 e. The molecular formula is C22H19FN4O3. The lowest BCUT2D eigenvalue weighted by Crippen LogP contribution is -2.42. The molecule has 3 aromatic rings. The Morgan fingerprint density at radius 1 is 1.27 bits per heavy atom. The van der Waals surface area contributed by atoms with Crippen LogP contribution in [0.5, 0.6) is 0 Å². The van der Waals surface area contributed by atoms with E-state index >= 15 is 0 Å². The van der Waals surface area contributed by atoms with Crippen LogP contribution in [0.15, 0.2) is 53.6 Å². The van der Waals surface area contributed by atoms with Crippen LogP contribution < -0.4 is 5.56 Å². The molecule has 0 amide bonds. The monoisotopic (exact) mass is 406 g/mol. The van der Waals surface area contributed by atoms with Crippen molar-refractivity contribution in [2.75, 3.05) is 13.1 Å². The van der Waals surface area contributed by atoms with Gasteiger partial charge in [0, 0.05) is 32.0 Å². The maximum absolute atomic E-state index is 14.3. The number of nitriles is 1. The number of pyridine rings is 3. The van der Waals surface area contributed by atoms with Crippen LogP contribution in [0.25, 0.3) is 5.52 Å². The standard InChI is InChI=1S/C22H19FN4O3/c23-17-4-3-8-25-19(17)22(14-24)6-10-26(11-7-22)13-15-12-16(21(29)30)20(28)27-9-2-1-5-18(15)27/h1-5,8-9,12H,6-7,10-11,13H2,(H,29,30). The molecule has 0 radical (unpaired) electrons. The van der Waals surface area contributed by atoms with Gasteiger partial charge in [-0.25, -0.2) is 9.18 Å². The van der Waals surface area contributed by atoms with Crippen LogP contribution in [0.2, 0.25) is 0 Å². The Balaban J connectivity index is 1.62. The fourth-order valence-corrected chi connectivity index (χ4v) is 4.07. The number of piperidine rings is 1. The van der Waals surface area contributed by atoms with Crippen LogP contribution >= 0.6 is 0 Å². The van der Waals surface area contributed by atoms with Gasteiger partial charge in [0.2, 0.25) is 0 Å². The zero-order chi connectivity index (χ0) is 21.3. The highest BCUT2D eigenvalue weighted by Gasteiger charge is 2.39. The number of hydrogen-bond donors (Lipinski definition) is 1. The highest BCUT2D eigenvalue weighted by molar-refractivity contribution is 5.88. The van der Waals surface area contributed by atoms with Crippen molar-refractivity contribution >= 4 is 11.5 Å². The molecule has 1 saturated heterocycles. The van der Waals surface area contributed by atoms with Crippen molar-refractivity contribution in [3.63, 3.8) is 0 Å². The van der Waals surface area contributed by atoms with Gasteiger partial charge in [0.05, 0.1) is 17.3 Å². The van der Waals surface area contributed by atoms with Crippen molar-refractivity contribution < 1.29 is 14.3 Å². The lowest BCUT2D eigenvalue weighted by Gasteiger charge is -2.37. The number of likely N-dealkylation sites (tertiary alicyclic amines) is 1. The molecule has 0 atom stereocenters. The summed E-state index contributed by atoms with van der Waals surface area (Å²) in [6.07, 6.45) is 3.86. The average Bonchev–Trinajstić information content (AvgIpc) is 2.76. The summed E-state index contributed by atoms with van der Waals surface area (Å²) in [5.41, 5.74) is -0.315. The van der Waals surface area contributed by atoms with Crippen molar-refractivity contribution in [1.29, 1.82) is 5.26 Å². The lowest BCUT2D eigenvalue weighted by molar-refractivity contribution is 0.0694. The van der Waals surface area contributed by atoms with Gasteiger partial charge in [0.25, 0.3) is 5.56 Å². The Morgan fingerprint density at radius 3 is 2.70 bits per heavy atom. The Kier molecular flexibility index (Phi) is 5.06. The van der Waals surface area contributed by atoms with Crippen molar-refractivity contribution in [2.45, 2.75) is 24.8 Å². The quantitative estimate of drug-likeness (QED) is 0.715. The topological polar surface area (TPSA) is 98.7 Å². The molecule has 3 aromatic heterocycles. The van der Waals surface area contributed by atoms with Gasteiger partial charge in [-0.1, -0.05) is 6.07 Å². The third-order valence-electron chi connectivity index (χ3n) is 5.72. The van der Waals surface area contributed by atoms with E-state index in [1.165, 1.54) is 28.8 Å². The SMILES string of the molecule is N#CC1(c2ncccc2F)CCN(Cc2cc(C(=O)O)c(=O)n3ccccc23)CC1. The van der Waals surface area contributed by atoms with E-state index < -0.39 is 22.8 Å². The summed E-state index contributed by atoms with van der Waals surface area (Å²) < 4.78 is 15.6. The molecule has 0 aromatic carbocycles. The average molecular weight is 406 g/mol. The molecule has 30 heavy (non-hydrogen) atoms. The Morgan fingerprint density at radius 2 is 2.03 bits per heavy atom. The number of carboxylic acids is 1. The third-order valence-corrected chi connectivity index (χ3v) is 5.72. The predicted molar refractivity (Wildman–Crippen MR) is 107 cm³/mol. The maximum Gasteiger partial charge on any atom is 0.341 e. The molecule has 0 bridgehead atoms. The van der Waals surface area contributed by atoms with E-state index in [1.54, 1.807) is 24.4 Å². The second-order valence-corrected chi connectivity index (χ2v) is 7.45. The summed E-state index contributed by atoms with van der Waals surface area (Å²) in [5, 5.41) is 19.2. The lowest BCUT2D eigenvalue weighted by atomic mass is 9.76. The van der Waals surface area contributed by atoms with Crippen LogP contribution in [0, 0.1) is 17.1 Å². The zero-order valence-corrected chi connectivity index (χ0v) is 16.1. The summed E-state index contributed by atoms with van der Waals surface area (Å²) in [5.74, 6) is -1.75. The van der Waals surface area contributed by atoms with E-state index in [-0.39, 0.29) is 11.3 Å². The molecule has 4 heterocycles.